The van der Waals surface area contributed by atoms with E-state index in [-0.39, 0.29) is 19.2 Å². The van der Waals surface area contributed by atoms with Crippen LogP contribution in [0.4, 0.5) is 13.2 Å². The first-order valence-electron chi connectivity index (χ1n) is 6.89. The molecule has 0 saturated carbocycles. The molecule has 2 heterocycles. The van der Waals surface area contributed by atoms with Gasteiger partial charge in [0.05, 0.1) is 31.0 Å². The molecule has 1 aliphatic heterocycles. The van der Waals surface area contributed by atoms with E-state index in [1.54, 1.807) is 17.8 Å². The molecule has 1 aliphatic rings. The number of piperidine rings is 1. The second-order valence-electron chi connectivity index (χ2n) is 5.08. The Balaban J connectivity index is 1.99. The van der Waals surface area contributed by atoms with E-state index in [0.29, 0.717) is 18.5 Å². The van der Waals surface area contributed by atoms with Crippen LogP contribution in [0.2, 0.25) is 0 Å². The summed E-state index contributed by atoms with van der Waals surface area (Å²) < 4.78 is 43.7. The van der Waals surface area contributed by atoms with E-state index in [1.165, 1.54) is 11.1 Å². The number of hydrogen-bond acceptors (Lipinski definition) is 4. The quantitative estimate of drug-likeness (QED) is 0.801. The maximum Gasteiger partial charge on any atom is 0.401 e. The molecule has 21 heavy (non-hydrogen) atoms. The van der Waals surface area contributed by atoms with E-state index in [2.05, 4.69) is 5.10 Å². The smallest absolute Gasteiger partial charge is 0.401 e. The topological polar surface area (TPSA) is 47.4 Å². The van der Waals surface area contributed by atoms with Crippen LogP contribution >= 0.6 is 0 Å². The van der Waals surface area contributed by atoms with Gasteiger partial charge in [0.15, 0.2) is 0 Å². The first kappa shape index (κ1) is 15.8. The summed E-state index contributed by atoms with van der Waals surface area (Å²) in [6.45, 7) is 1.78. The summed E-state index contributed by atoms with van der Waals surface area (Å²) in [7, 11) is 0. The average Bonchev–Trinajstić information content (AvgIpc) is 2.87. The van der Waals surface area contributed by atoms with Gasteiger partial charge in [-0.15, -0.1) is 0 Å². The SMILES string of the molecule is CCOC(=O)c1cnn(C2CCCN(CC(F)(F)F)C2)c1. The number of likely N-dealkylation sites (tertiary alicyclic amines) is 1. The van der Waals surface area contributed by atoms with Gasteiger partial charge in [0.1, 0.15) is 0 Å². The van der Waals surface area contributed by atoms with E-state index in [9.17, 15) is 18.0 Å². The highest BCUT2D eigenvalue weighted by Gasteiger charge is 2.33. The minimum absolute atomic E-state index is 0.149. The van der Waals surface area contributed by atoms with Crippen molar-refractivity contribution in [3.05, 3.63) is 18.0 Å². The molecule has 0 amide bonds. The van der Waals surface area contributed by atoms with Gasteiger partial charge in [-0.2, -0.15) is 18.3 Å². The fourth-order valence-electron chi connectivity index (χ4n) is 2.50. The molecule has 118 valence electrons. The van der Waals surface area contributed by atoms with Crippen LogP contribution in [-0.2, 0) is 4.74 Å². The van der Waals surface area contributed by atoms with E-state index in [0.717, 1.165) is 6.42 Å². The Bertz CT molecular complexity index is 487. The Morgan fingerprint density at radius 1 is 1.52 bits per heavy atom. The zero-order valence-corrected chi connectivity index (χ0v) is 11.8. The maximum atomic E-state index is 12.4. The van der Waals surface area contributed by atoms with Crippen molar-refractivity contribution in [2.75, 3.05) is 26.2 Å². The minimum Gasteiger partial charge on any atom is -0.462 e. The van der Waals surface area contributed by atoms with E-state index in [4.69, 9.17) is 4.74 Å². The summed E-state index contributed by atoms with van der Waals surface area (Å²) in [5.41, 5.74) is 0.324. The van der Waals surface area contributed by atoms with Crippen LogP contribution in [0.3, 0.4) is 0 Å². The van der Waals surface area contributed by atoms with Crippen LogP contribution in [0, 0.1) is 0 Å². The molecular weight excluding hydrogens is 287 g/mol. The monoisotopic (exact) mass is 305 g/mol. The number of alkyl halides is 3. The van der Waals surface area contributed by atoms with E-state index < -0.39 is 18.7 Å². The molecule has 0 bridgehead atoms. The number of hydrogen-bond donors (Lipinski definition) is 0. The second-order valence-corrected chi connectivity index (χ2v) is 5.08. The van der Waals surface area contributed by atoms with Crippen molar-refractivity contribution in [3.63, 3.8) is 0 Å². The fraction of sp³-hybridized carbons (Fsp3) is 0.692. The number of rotatable bonds is 4. The summed E-state index contributed by atoms with van der Waals surface area (Å²) in [6, 6.07) is -0.149. The molecule has 0 spiro atoms. The van der Waals surface area contributed by atoms with Crippen LogP contribution in [0.5, 0.6) is 0 Å². The number of carbonyl (C=O) groups excluding carboxylic acids is 1. The first-order valence-corrected chi connectivity index (χ1v) is 6.89. The van der Waals surface area contributed by atoms with Crippen molar-refractivity contribution in [1.82, 2.24) is 14.7 Å². The number of esters is 1. The van der Waals surface area contributed by atoms with Crippen molar-refractivity contribution >= 4 is 5.97 Å². The predicted octanol–water partition coefficient (Wildman–Crippen LogP) is 2.26. The van der Waals surface area contributed by atoms with Gasteiger partial charge in [-0.3, -0.25) is 9.58 Å². The van der Waals surface area contributed by atoms with Crippen molar-refractivity contribution in [1.29, 1.82) is 0 Å². The molecule has 1 saturated heterocycles. The first-order chi connectivity index (χ1) is 9.89. The van der Waals surface area contributed by atoms with Gasteiger partial charge < -0.3 is 4.74 Å². The summed E-state index contributed by atoms with van der Waals surface area (Å²) in [6.07, 6.45) is 0.163. The standard InChI is InChI=1S/C13H18F3N3O2/c1-2-21-12(20)10-6-17-19(7-10)11-4-3-5-18(8-11)9-13(14,15)16/h6-7,11H,2-5,8-9H2,1H3. The molecule has 0 aromatic carbocycles. The molecule has 1 unspecified atom stereocenters. The van der Waals surface area contributed by atoms with E-state index >= 15 is 0 Å². The molecule has 0 N–H and O–H groups in total. The Morgan fingerprint density at radius 2 is 2.29 bits per heavy atom. The Labute approximate surface area is 120 Å². The highest BCUT2D eigenvalue weighted by Crippen LogP contribution is 2.25. The molecule has 0 aliphatic carbocycles. The van der Waals surface area contributed by atoms with Gasteiger partial charge in [0.2, 0.25) is 0 Å². The van der Waals surface area contributed by atoms with Gasteiger partial charge in [-0.1, -0.05) is 0 Å². The van der Waals surface area contributed by atoms with Gasteiger partial charge in [-0.05, 0) is 26.3 Å². The Morgan fingerprint density at radius 3 is 2.95 bits per heavy atom. The Kier molecular flexibility index (Phi) is 4.87. The lowest BCUT2D eigenvalue weighted by molar-refractivity contribution is -0.149. The lowest BCUT2D eigenvalue weighted by atomic mass is 10.1. The minimum atomic E-state index is -4.19. The number of nitrogens with zero attached hydrogens (tertiary/aromatic N) is 3. The molecular formula is C13H18F3N3O2. The highest BCUT2D eigenvalue weighted by atomic mass is 19.4. The second kappa shape index (κ2) is 6.46. The third kappa shape index (κ3) is 4.45. The van der Waals surface area contributed by atoms with Gasteiger partial charge in [0, 0.05) is 12.7 Å². The maximum absolute atomic E-state index is 12.4. The molecule has 8 heteroatoms. The third-order valence-corrected chi connectivity index (χ3v) is 3.37. The van der Waals surface area contributed by atoms with Gasteiger partial charge in [0.25, 0.3) is 0 Å². The molecule has 1 aromatic heterocycles. The Hall–Kier alpha value is -1.57. The van der Waals surface area contributed by atoms with Crippen molar-refractivity contribution in [2.45, 2.75) is 32.0 Å². The number of carbonyl (C=O) groups is 1. The van der Waals surface area contributed by atoms with Crippen LogP contribution in [0.15, 0.2) is 12.4 Å². The summed E-state index contributed by atoms with van der Waals surface area (Å²) in [4.78, 5) is 12.9. The molecule has 0 radical (unpaired) electrons. The van der Waals surface area contributed by atoms with Crippen molar-refractivity contribution in [2.24, 2.45) is 0 Å². The van der Waals surface area contributed by atoms with Crippen LogP contribution in [-0.4, -0.2) is 53.1 Å². The van der Waals surface area contributed by atoms with Crippen LogP contribution < -0.4 is 0 Å². The summed E-state index contributed by atoms with van der Waals surface area (Å²) in [5.74, 6) is -0.466. The molecule has 1 fully saturated rings. The molecule has 1 atom stereocenters. The van der Waals surface area contributed by atoms with Gasteiger partial charge in [-0.25, -0.2) is 4.79 Å². The fourth-order valence-corrected chi connectivity index (χ4v) is 2.50. The number of aromatic nitrogens is 2. The highest BCUT2D eigenvalue weighted by molar-refractivity contribution is 5.88. The molecule has 5 nitrogen and oxygen atoms in total. The molecule has 2 rings (SSSR count). The van der Waals surface area contributed by atoms with Gasteiger partial charge >= 0.3 is 12.1 Å². The van der Waals surface area contributed by atoms with E-state index in [1.807, 2.05) is 0 Å². The summed E-state index contributed by atoms with van der Waals surface area (Å²) in [5, 5.41) is 4.08. The largest absolute Gasteiger partial charge is 0.462 e. The normalized spacial score (nSPS) is 20.5. The van der Waals surface area contributed by atoms with Crippen LogP contribution in [0.25, 0.3) is 0 Å². The van der Waals surface area contributed by atoms with Crippen molar-refractivity contribution < 1.29 is 22.7 Å². The van der Waals surface area contributed by atoms with Crippen LogP contribution in [0.1, 0.15) is 36.2 Å². The summed E-state index contributed by atoms with van der Waals surface area (Å²) >= 11 is 0. The number of ether oxygens (including phenoxy) is 1. The number of halogens is 3. The average molecular weight is 305 g/mol. The molecule has 1 aromatic rings. The zero-order chi connectivity index (χ0) is 15.5. The zero-order valence-electron chi connectivity index (χ0n) is 11.8. The lowest BCUT2D eigenvalue weighted by Gasteiger charge is -2.33. The lowest BCUT2D eigenvalue weighted by Crippen LogP contribution is -2.42. The third-order valence-electron chi connectivity index (χ3n) is 3.37. The van der Waals surface area contributed by atoms with Crippen molar-refractivity contribution in [3.8, 4) is 0 Å². The predicted molar refractivity (Wildman–Crippen MR) is 68.9 cm³/mol.